The van der Waals surface area contributed by atoms with Crippen LogP contribution in [0.15, 0.2) is 48.7 Å². The normalized spacial score (nSPS) is 15.3. The van der Waals surface area contributed by atoms with Gasteiger partial charge in [-0.05, 0) is 48.7 Å². The van der Waals surface area contributed by atoms with Crippen LogP contribution >= 0.6 is 23.2 Å². The minimum atomic E-state index is -0.0244. The zero-order chi connectivity index (χ0) is 16.7. The Morgan fingerprint density at radius 1 is 1.08 bits per heavy atom. The average molecular weight is 359 g/mol. The molecule has 2 aromatic carbocycles. The van der Waals surface area contributed by atoms with Crippen molar-refractivity contribution in [3.8, 4) is 17.0 Å². The first-order valence-corrected chi connectivity index (χ1v) is 8.54. The lowest BCUT2D eigenvalue weighted by atomic mass is 9.95. The Morgan fingerprint density at radius 2 is 1.83 bits per heavy atom. The summed E-state index contributed by atoms with van der Waals surface area (Å²) in [6.45, 7) is 0. The topological polar surface area (TPSA) is 37.9 Å². The van der Waals surface area contributed by atoms with Crippen LogP contribution in [0.25, 0.3) is 11.3 Å². The summed E-state index contributed by atoms with van der Waals surface area (Å²) in [6, 6.07) is 13.7. The third kappa shape index (κ3) is 2.58. The fourth-order valence-electron chi connectivity index (χ4n) is 3.10. The number of nitrogens with zero attached hydrogens (tertiary/aromatic N) is 1. The Bertz CT molecular complexity index is 883. The van der Waals surface area contributed by atoms with Gasteiger partial charge in [0.15, 0.2) is 0 Å². The number of hydrogen-bond donors (Lipinski definition) is 1. The van der Waals surface area contributed by atoms with Gasteiger partial charge < -0.3 is 9.72 Å². The molecule has 1 aromatic heterocycles. The van der Waals surface area contributed by atoms with Gasteiger partial charge >= 0.3 is 0 Å². The van der Waals surface area contributed by atoms with Gasteiger partial charge in [0.25, 0.3) is 0 Å². The van der Waals surface area contributed by atoms with Crippen LogP contribution in [-0.2, 0) is 5.41 Å². The summed E-state index contributed by atoms with van der Waals surface area (Å²) in [5.74, 6) is 1.84. The molecule has 1 heterocycles. The molecule has 5 heteroatoms. The van der Waals surface area contributed by atoms with Crippen LogP contribution in [0.3, 0.4) is 0 Å². The predicted molar refractivity (Wildman–Crippen MR) is 97.1 cm³/mol. The van der Waals surface area contributed by atoms with Crippen molar-refractivity contribution in [2.45, 2.75) is 18.3 Å². The average Bonchev–Trinajstić information content (AvgIpc) is 3.26. The number of rotatable bonds is 4. The summed E-state index contributed by atoms with van der Waals surface area (Å²) in [7, 11) is 1.68. The van der Waals surface area contributed by atoms with Crippen LogP contribution in [0.2, 0.25) is 10.0 Å². The standard InChI is InChI=1S/C19H16Cl2N2O/c1-24-14-5-2-12(3-6-14)19(8-9-19)18-22-11-17(23-18)15-7-4-13(20)10-16(15)21/h2-7,10-11H,8-9H2,1H3,(H,22,23). The van der Waals surface area contributed by atoms with Gasteiger partial charge in [0.1, 0.15) is 11.6 Å². The summed E-state index contributed by atoms with van der Waals surface area (Å²) < 4.78 is 5.24. The molecule has 1 fully saturated rings. The Labute approximate surface area is 150 Å². The van der Waals surface area contributed by atoms with E-state index in [1.807, 2.05) is 30.5 Å². The molecule has 0 aliphatic heterocycles. The fraction of sp³-hybridized carbons (Fsp3) is 0.211. The van der Waals surface area contributed by atoms with Gasteiger partial charge in [-0.1, -0.05) is 35.3 Å². The van der Waals surface area contributed by atoms with Gasteiger partial charge in [-0.15, -0.1) is 0 Å². The zero-order valence-corrected chi connectivity index (χ0v) is 14.7. The second-order valence-corrected chi connectivity index (χ2v) is 6.91. The van der Waals surface area contributed by atoms with Crippen LogP contribution in [0.1, 0.15) is 24.2 Å². The number of halogens is 2. The van der Waals surface area contributed by atoms with Gasteiger partial charge in [-0.2, -0.15) is 0 Å². The minimum absolute atomic E-state index is 0.0244. The second-order valence-electron chi connectivity index (χ2n) is 6.07. The lowest BCUT2D eigenvalue weighted by molar-refractivity contribution is 0.414. The predicted octanol–water partition coefficient (Wildman–Crippen LogP) is 5.47. The van der Waals surface area contributed by atoms with Gasteiger partial charge in [-0.25, -0.2) is 4.98 Å². The van der Waals surface area contributed by atoms with E-state index in [4.69, 9.17) is 32.9 Å². The van der Waals surface area contributed by atoms with Crippen molar-refractivity contribution in [2.24, 2.45) is 0 Å². The highest BCUT2D eigenvalue weighted by molar-refractivity contribution is 6.36. The number of aromatic nitrogens is 2. The number of nitrogens with one attached hydrogen (secondary N) is 1. The Morgan fingerprint density at radius 3 is 2.46 bits per heavy atom. The quantitative estimate of drug-likeness (QED) is 0.671. The third-order valence-electron chi connectivity index (χ3n) is 4.63. The molecule has 1 aliphatic carbocycles. The van der Waals surface area contributed by atoms with E-state index in [1.54, 1.807) is 13.2 Å². The summed E-state index contributed by atoms with van der Waals surface area (Å²) in [5, 5.41) is 1.23. The van der Waals surface area contributed by atoms with Gasteiger partial charge in [0, 0.05) is 16.8 Å². The summed E-state index contributed by atoms with van der Waals surface area (Å²) in [4.78, 5) is 8.15. The molecule has 1 aliphatic rings. The van der Waals surface area contributed by atoms with Crippen LogP contribution in [-0.4, -0.2) is 17.1 Å². The third-order valence-corrected chi connectivity index (χ3v) is 5.18. The molecule has 24 heavy (non-hydrogen) atoms. The SMILES string of the molecule is COc1ccc(C2(c3nc(-c4ccc(Cl)cc4Cl)c[nH]3)CC2)cc1. The van der Waals surface area contributed by atoms with Crippen molar-refractivity contribution in [3.63, 3.8) is 0 Å². The van der Waals surface area contributed by atoms with Crippen molar-refractivity contribution in [1.29, 1.82) is 0 Å². The Kier molecular flexibility index (Phi) is 3.78. The molecular formula is C19H16Cl2N2O. The van der Waals surface area contributed by atoms with E-state index < -0.39 is 0 Å². The van der Waals surface area contributed by atoms with E-state index >= 15 is 0 Å². The van der Waals surface area contributed by atoms with Crippen molar-refractivity contribution in [3.05, 3.63) is 70.1 Å². The van der Waals surface area contributed by atoms with Crippen molar-refractivity contribution in [2.75, 3.05) is 7.11 Å². The highest BCUT2D eigenvalue weighted by Gasteiger charge is 2.48. The van der Waals surface area contributed by atoms with E-state index in [2.05, 4.69) is 17.1 Å². The van der Waals surface area contributed by atoms with E-state index in [0.717, 1.165) is 35.7 Å². The summed E-state index contributed by atoms with van der Waals surface area (Å²) in [5.41, 5.74) is 2.95. The smallest absolute Gasteiger partial charge is 0.118 e. The second kappa shape index (κ2) is 5.83. The van der Waals surface area contributed by atoms with Crippen LogP contribution < -0.4 is 4.74 Å². The van der Waals surface area contributed by atoms with E-state index in [-0.39, 0.29) is 5.41 Å². The Hall–Kier alpha value is -1.97. The number of imidazole rings is 1. The molecule has 0 radical (unpaired) electrons. The van der Waals surface area contributed by atoms with E-state index in [0.29, 0.717) is 10.0 Å². The highest BCUT2D eigenvalue weighted by atomic mass is 35.5. The summed E-state index contributed by atoms with van der Waals surface area (Å²) in [6.07, 6.45) is 4.08. The van der Waals surface area contributed by atoms with Crippen molar-refractivity contribution in [1.82, 2.24) is 9.97 Å². The molecule has 0 amide bonds. The van der Waals surface area contributed by atoms with E-state index in [1.165, 1.54) is 5.56 Å². The zero-order valence-electron chi connectivity index (χ0n) is 13.1. The number of hydrogen-bond acceptors (Lipinski definition) is 2. The molecule has 0 unspecified atom stereocenters. The maximum Gasteiger partial charge on any atom is 0.118 e. The minimum Gasteiger partial charge on any atom is -0.497 e. The first-order valence-electron chi connectivity index (χ1n) is 7.78. The molecule has 0 bridgehead atoms. The fourth-order valence-corrected chi connectivity index (χ4v) is 3.60. The molecule has 0 atom stereocenters. The Balaban J connectivity index is 1.69. The van der Waals surface area contributed by atoms with Crippen LogP contribution in [0.5, 0.6) is 5.75 Å². The van der Waals surface area contributed by atoms with Gasteiger partial charge in [-0.3, -0.25) is 0 Å². The summed E-state index contributed by atoms with van der Waals surface area (Å²) >= 11 is 12.3. The maximum atomic E-state index is 6.30. The molecule has 0 spiro atoms. The number of benzene rings is 2. The van der Waals surface area contributed by atoms with E-state index in [9.17, 15) is 0 Å². The van der Waals surface area contributed by atoms with Gasteiger partial charge in [0.05, 0.1) is 23.2 Å². The first kappa shape index (κ1) is 15.6. The molecule has 1 saturated carbocycles. The number of methoxy groups -OCH3 is 1. The maximum absolute atomic E-state index is 6.30. The lowest BCUT2D eigenvalue weighted by Gasteiger charge is -2.13. The molecule has 4 rings (SSSR count). The molecule has 3 aromatic rings. The molecule has 0 saturated heterocycles. The largest absolute Gasteiger partial charge is 0.497 e. The highest BCUT2D eigenvalue weighted by Crippen LogP contribution is 2.52. The number of aromatic amines is 1. The molecule has 1 N–H and O–H groups in total. The number of H-pyrrole nitrogens is 1. The molecule has 3 nitrogen and oxygen atoms in total. The van der Waals surface area contributed by atoms with Crippen molar-refractivity contribution < 1.29 is 4.74 Å². The van der Waals surface area contributed by atoms with Crippen LogP contribution in [0, 0.1) is 0 Å². The lowest BCUT2D eigenvalue weighted by Crippen LogP contribution is -2.10. The monoisotopic (exact) mass is 358 g/mol. The number of ether oxygens (including phenoxy) is 1. The van der Waals surface area contributed by atoms with Gasteiger partial charge in [0.2, 0.25) is 0 Å². The van der Waals surface area contributed by atoms with Crippen LogP contribution in [0.4, 0.5) is 0 Å². The molecular weight excluding hydrogens is 343 g/mol. The first-order chi connectivity index (χ1) is 11.6. The van der Waals surface area contributed by atoms with Crippen molar-refractivity contribution >= 4 is 23.2 Å². The molecule has 122 valence electrons.